The Labute approximate surface area is 200 Å². The maximum atomic E-state index is 12.2. The quantitative estimate of drug-likeness (QED) is 0.352. The van der Waals surface area contributed by atoms with Crippen molar-refractivity contribution in [3.05, 3.63) is 88.5 Å². The molecule has 0 radical (unpaired) electrons. The fourth-order valence-corrected chi connectivity index (χ4v) is 3.89. The fourth-order valence-electron chi connectivity index (χ4n) is 3.69. The minimum absolute atomic E-state index is 0.0328. The van der Waals surface area contributed by atoms with Crippen LogP contribution in [0.4, 0.5) is 5.69 Å². The zero-order chi connectivity index (χ0) is 23.5. The molecule has 0 fully saturated rings. The highest BCUT2D eigenvalue weighted by molar-refractivity contribution is 6.33. The summed E-state index contributed by atoms with van der Waals surface area (Å²) in [6.07, 6.45) is 12.6. The number of hydrogen-bond donors (Lipinski definition) is 2. The van der Waals surface area contributed by atoms with Crippen LogP contribution in [0.1, 0.15) is 54.4 Å². The van der Waals surface area contributed by atoms with Crippen molar-refractivity contribution >= 4 is 29.2 Å². The standard InChI is InChI=1S/C27H30ClNO4/c28-25-16-13-22(19-24(25)27(31)32)29-26(30)17-12-21-10-14-23(15-11-21)33-18-6-2-5-9-20-7-3-1-4-8-20/h1,3-4,7-8,10-11,13-14,16,19,23H,2,5-6,9,12,15,17-18H2,(H,29,30)(H,31,32). The van der Waals surface area contributed by atoms with Crippen molar-refractivity contribution in [1.29, 1.82) is 0 Å². The van der Waals surface area contributed by atoms with E-state index in [-0.39, 0.29) is 22.6 Å². The van der Waals surface area contributed by atoms with E-state index in [2.05, 4.69) is 41.7 Å². The predicted octanol–water partition coefficient (Wildman–Crippen LogP) is 6.44. The van der Waals surface area contributed by atoms with Crippen LogP contribution in [0.5, 0.6) is 0 Å². The first-order valence-corrected chi connectivity index (χ1v) is 11.7. The molecule has 174 valence electrons. The molecule has 0 bridgehead atoms. The molecule has 1 atom stereocenters. The molecule has 0 spiro atoms. The van der Waals surface area contributed by atoms with Crippen molar-refractivity contribution < 1.29 is 19.4 Å². The van der Waals surface area contributed by atoms with E-state index in [0.717, 1.165) is 37.9 Å². The van der Waals surface area contributed by atoms with E-state index < -0.39 is 5.97 Å². The van der Waals surface area contributed by atoms with Gasteiger partial charge in [-0.1, -0.05) is 72.2 Å². The van der Waals surface area contributed by atoms with Crippen LogP contribution < -0.4 is 5.32 Å². The monoisotopic (exact) mass is 467 g/mol. The summed E-state index contributed by atoms with van der Waals surface area (Å²) in [5.41, 5.74) is 2.88. The number of nitrogens with one attached hydrogen (secondary N) is 1. The van der Waals surface area contributed by atoms with Crippen LogP contribution in [0.3, 0.4) is 0 Å². The molecule has 2 N–H and O–H groups in total. The lowest BCUT2D eigenvalue weighted by molar-refractivity contribution is -0.116. The molecule has 0 heterocycles. The number of benzene rings is 2. The number of hydrogen-bond acceptors (Lipinski definition) is 3. The van der Waals surface area contributed by atoms with Gasteiger partial charge >= 0.3 is 5.97 Å². The molecule has 0 saturated carbocycles. The highest BCUT2D eigenvalue weighted by Crippen LogP contribution is 2.22. The summed E-state index contributed by atoms with van der Waals surface area (Å²) in [6.45, 7) is 0.759. The Morgan fingerprint density at radius 1 is 1.06 bits per heavy atom. The lowest BCUT2D eigenvalue weighted by Crippen LogP contribution is -2.14. The first-order valence-electron chi connectivity index (χ1n) is 11.4. The third kappa shape index (κ3) is 8.52. The number of ether oxygens (including phenoxy) is 1. The highest BCUT2D eigenvalue weighted by Gasteiger charge is 2.13. The molecule has 6 heteroatoms. The second-order valence-corrected chi connectivity index (χ2v) is 8.53. The van der Waals surface area contributed by atoms with E-state index in [0.29, 0.717) is 18.5 Å². The van der Waals surface area contributed by atoms with Crippen LogP contribution >= 0.6 is 11.6 Å². The Morgan fingerprint density at radius 2 is 1.88 bits per heavy atom. The summed E-state index contributed by atoms with van der Waals surface area (Å²) in [5.74, 6) is -1.30. The van der Waals surface area contributed by atoms with E-state index in [9.17, 15) is 9.59 Å². The number of rotatable bonds is 12. The number of amides is 1. The Balaban J connectivity index is 1.29. The molecule has 3 rings (SSSR count). The summed E-state index contributed by atoms with van der Waals surface area (Å²) >= 11 is 5.86. The molecule has 1 unspecified atom stereocenters. The van der Waals surface area contributed by atoms with Gasteiger partial charge in [0.05, 0.1) is 16.7 Å². The number of aromatic carboxylic acids is 1. The lowest BCUT2D eigenvalue weighted by Gasteiger charge is -2.17. The zero-order valence-electron chi connectivity index (χ0n) is 18.6. The van der Waals surface area contributed by atoms with Gasteiger partial charge in [0, 0.05) is 18.7 Å². The predicted molar refractivity (Wildman–Crippen MR) is 132 cm³/mol. The molecule has 33 heavy (non-hydrogen) atoms. The summed E-state index contributed by atoms with van der Waals surface area (Å²) in [7, 11) is 0. The van der Waals surface area contributed by atoms with Gasteiger partial charge in [0.15, 0.2) is 0 Å². The van der Waals surface area contributed by atoms with Crippen molar-refractivity contribution in [3.63, 3.8) is 0 Å². The van der Waals surface area contributed by atoms with E-state index >= 15 is 0 Å². The first-order chi connectivity index (χ1) is 16.0. The van der Waals surface area contributed by atoms with Crippen LogP contribution in [0.25, 0.3) is 0 Å². The van der Waals surface area contributed by atoms with Crippen molar-refractivity contribution in [2.75, 3.05) is 11.9 Å². The summed E-state index contributed by atoms with van der Waals surface area (Å²) in [5, 5.41) is 12.0. The van der Waals surface area contributed by atoms with E-state index in [1.807, 2.05) is 12.1 Å². The molecule has 2 aromatic rings. The molecule has 0 saturated heterocycles. The molecule has 0 aromatic heterocycles. The largest absolute Gasteiger partial charge is 0.478 e. The van der Waals surface area contributed by atoms with Crippen LogP contribution in [0.2, 0.25) is 5.02 Å². The second-order valence-electron chi connectivity index (χ2n) is 8.13. The molecule has 1 aliphatic rings. The molecule has 0 aliphatic heterocycles. The Hall–Kier alpha value is -2.89. The number of carbonyl (C=O) groups is 2. The van der Waals surface area contributed by atoms with E-state index in [1.54, 1.807) is 6.07 Å². The molecular weight excluding hydrogens is 438 g/mol. The van der Waals surface area contributed by atoms with E-state index in [4.69, 9.17) is 21.4 Å². The average Bonchev–Trinajstić information content (AvgIpc) is 2.82. The summed E-state index contributed by atoms with van der Waals surface area (Å²) < 4.78 is 5.96. The third-order valence-electron chi connectivity index (χ3n) is 5.54. The molecule has 5 nitrogen and oxygen atoms in total. The number of carboxylic acid groups (broad SMARTS) is 1. The Kier molecular flexibility index (Phi) is 9.73. The number of aryl methyl sites for hydroxylation is 1. The van der Waals surface area contributed by atoms with Gasteiger partial charge in [-0.05, 0) is 55.9 Å². The van der Waals surface area contributed by atoms with Gasteiger partial charge in [-0.2, -0.15) is 0 Å². The summed E-state index contributed by atoms with van der Waals surface area (Å²) in [6, 6.07) is 15.0. The molecular formula is C27H30ClNO4. The van der Waals surface area contributed by atoms with Gasteiger partial charge in [0.25, 0.3) is 0 Å². The van der Waals surface area contributed by atoms with Gasteiger partial charge < -0.3 is 15.2 Å². The second kappa shape index (κ2) is 13.0. The SMILES string of the molecule is O=C(CCC1=CCC(OCCCCCc2ccccc2)C=C1)Nc1ccc(Cl)c(C(=O)O)c1. The number of unbranched alkanes of at least 4 members (excludes halogenated alkanes) is 2. The Bertz CT molecular complexity index is 1000. The van der Waals surface area contributed by atoms with Gasteiger partial charge in [-0.15, -0.1) is 0 Å². The lowest BCUT2D eigenvalue weighted by atomic mass is 10.0. The van der Waals surface area contributed by atoms with Gasteiger partial charge in [0.1, 0.15) is 0 Å². The smallest absolute Gasteiger partial charge is 0.337 e. The van der Waals surface area contributed by atoms with Crippen molar-refractivity contribution in [1.82, 2.24) is 0 Å². The third-order valence-corrected chi connectivity index (χ3v) is 5.87. The van der Waals surface area contributed by atoms with Gasteiger partial charge in [-0.25, -0.2) is 4.79 Å². The highest BCUT2D eigenvalue weighted by atomic mass is 35.5. The number of anilines is 1. The zero-order valence-corrected chi connectivity index (χ0v) is 19.4. The number of allylic oxidation sites excluding steroid dienone is 2. The number of carboxylic acids is 1. The maximum absolute atomic E-state index is 12.2. The minimum atomic E-state index is -1.13. The van der Waals surface area contributed by atoms with Crippen LogP contribution in [0, 0.1) is 0 Å². The van der Waals surface area contributed by atoms with E-state index in [1.165, 1.54) is 24.1 Å². The Morgan fingerprint density at radius 3 is 2.61 bits per heavy atom. The molecule has 1 amide bonds. The number of halogens is 1. The van der Waals surface area contributed by atoms with Crippen molar-refractivity contribution in [2.24, 2.45) is 0 Å². The summed E-state index contributed by atoms with van der Waals surface area (Å²) in [4.78, 5) is 23.4. The average molecular weight is 468 g/mol. The number of carbonyl (C=O) groups excluding carboxylic acids is 1. The van der Waals surface area contributed by atoms with Crippen LogP contribution in [-0.4, -0.2) is 29.7 Å². The minimum Gasteiger partial charge on any atom is -0.478 e. The van der Waals surface area contributed by atoms with Crippen LogP contribution in [-0.2, 0) is 16.0 Å². The molecule has 2 aromatic carbocycles. The van der Waals surface area contributed by atoms with Crippen molar-refractivity contribution in [2.45, 2.75) is 51.0 Å². The van der Waals surface area contributed by atoms with Crippen LogP contribution in [0.15, 0.2) is 72.3 Å². The first kappa shape index (κ1) is 24.7. The topological polar surface area (TPSA) is 75.6 Å². The van der Waals surface area contributed by atoms with Crippen molar-refractivity contribution in [3.8, 4) is 0 Å². The maximum Gasteiger partial charge on any atom is 0.337 e. The normalized spacial score (nSPS) is 15.2. The fraction of sp³-hybridized carbons (Fsp3) is 0.333. The molecule has 1 aliphatic carbocycles. The van der Waals surface area contributed by atoms with Gasteiger partial charge in [0.2, 0.25) is 5.91 Å². The van der Waals surface area contributed by atoms with Gasteiger partial charge in [-0.3, -0.25) is 4.79 Å².